The zero-order valence-electron chi connectivity index (χ0n) is 9.17. The molecule has 2 heterocycles. The first-order valence-corrected chi connectivity index (χ1v) is 5.83. The lowest BCUT2D eigenvalue weighted by molar-refractivity contribution is 0.690. The Bertz CT molecular complexity index is 452. The minimum atomic E-state index is 0.0408. The van der Waals surface area contributed by atoms with Crippen LogP contribution in [0.3, 0.4) is 0 Å². The molecular formula is C11H16N4O. The second-order valence-corrected chi connectivity index (χ2v) is 4.69. The first-order chi connectivity index (χ1) is 7.75. The van der Waals surface area contributed by atoms with Crippen LogP contribution < -0.4 is 16.2 Å². The maximum Gasteiger partial charge on any atom is 0.293 e. The van der Waals surface area contributed by atoms with Crippen molar-refractivity contribution in [1.82, 2.24) is 9.55 Å². The minimum absolute atomic E-state index is 0.0408. The fourth-order valence-corrected chi connectivity index (χ4v) is 2.25. The number of hydrogen-bond donors (Lipinski definition) is 1. The minimum Gasteiger partial charge on any atom is -0.350 e. The van der Waals surface area contributed by atoms with E-state index in [4.69, 9.17) is 5.73 Å². The van der Waals surface area contributed by atoms with Crippen LogP contribution in [-0.4, -0.2) is 28.7 Å². The Hall–Kier alpha value is -1.36. The Kier molecular flexibility index (Phi) is 2.21. The average molecular weight is 220 g/mol. The molecule has 2 fully saturated rings. The van der Waals surface area contributed by atoms with Gasteiger partial charge in [-0.1, -0.05) is 0 Å². The van der Waals surface area contributed by atoms with E-state index in [0.717, 1.165) is 32.4 Å². The molecule has 0 amide bonds. The van der Waals surface area contributed by atoms with Crippen LogP contribution in [0, 0.1) is 0 Å². The van der Waals surface area contributed by atoms with Crippen molar-refractivity contribution >= 4 is 5.82 Å². The van der Waals surface area contributed by atoms with Gasteiger partial charge in [-0.25, -0.2) is 4.98 Å². The lowest BCUT2D eigenvalue weighted by Gasteiger charge is -2.16. The summed E-state index contributed by atoms with van der Waals surface area (Å²) in [6, 6.07) is 0.585. The molecule has 1 saturated heterocycles. The second kappa shape index (κ2) is 3.59. The zero-order chi connectivity index (χ0) is 11.1. The highest BCUT2D eigenvalue weighted by atomic mass is 16.1. The summed E-state index contributed by atoms with van der Waals surface area (Å²) in [4.78, 5) is 18.4. The fourth-order valence-electron chi connectivity index (χ4n) is 2.25. The first kappa shape index (κ1) is 9.84. The summed E-state index contributed by atoms with van der Waals surface area (Å²) in [6.45, 7) is 1.59. The summed E-state index contributed by atoms with van der Waals surface area (Å²) in [6.07, 6.45) is 6.68. The summed E-state index contributed by atoms with van der Waals surface area (Å²) in [7, 11) is 0. The van der Waals surface area contributed by atoms with E-state index in [2.05, 4.69) is 4.98 Å². The predicted octanol–water partition coefficient (Wildman–Crippen LogP) is 0.116. The van der Waals surface area contributed by atoms with E-state index in [9.17, 15) is 4.79 Å². The Morgan fingerprint density at radius 1 is 1.38 bits per heavy atom. The van der Waals surface area contributed by atoms with Gasteiger partial charge >= 0.3 is 0 Å². The summed E-state index contributed by atoms with van der Waals surface area (Å²) in [5.74, 6) is 0.572. The maximum atomic E-state index is 12.2. The molecule has 1 aromatic rings. The molecule has 1 aromatic heterocycles. The Morgan fingerprint density at radius 2 is 2.19 bits per heavy atom. The quantitative estimate of drug-likeness (QED) is 0.768. The van der Waals surface area contributed by atoms with Crippen molar-refractivity contribution in [3.63, 3.8) is 0 Å². The standard InChI is InChI=1S/C11H16N4O/c12-8-3-5-14(7-8)10-11(16)15(6-4-13-10)9-1-2-9/h4,6,8-9H,1-3,5,7,12H2. The number of nitrogens with two attached hydrogens (primary N) is 1. The molecule has 2 N–H and O–H groups in total. The summed E-state index contributed by atoms with van der Waals surface area (Å²) < 4.78 is 1.81. The molecule has 0 bridgehead atoms. The van der Waals surface area contributed by atoms with E-state index in [-0.39, 0.29) is 11.6 Å². The largest absolute Gasteiger partial charge is 0.350 e. The molecule has 1 atom stereocenters. The molecule has 0 spiro atoms. The fraction of sp³-hybridized carbons (Fsp3) is 0.636. The van der Waals surface area contributed by atoms with Crippen molar-refractivity contribution in [2.75, 3.05) is 18.0 Å². The van der Waals surface area contributed by atoms with Crippen molar-refractivity contribution in [2.24, 2.45) is 5.73 Å². The number of rotatable bonds is 2. The molecule has 1 saturated carbocycles. The summed E-state index contributed by atoms with van der Waals surface area (Å²) in [5, 5.41) is 0. The van der Waals surface area contributed by atoms with Crippen LogP contribution in [0.25, 0.3) is 0 Å². The Balaban J connectivity index is 1.94. The van der Waals surface area contributed by atoms with Gasteiger partial charge in [-0.3, -0.25) is 4.79 Å². The molecule has 3 rings (SSSR count). The predicted molar refractivity (Wildman–Crippen MR) is 61.6 cm³/mol. The molecule has 0 radical (unpaired) electrons. The third-order valence-electron chi connectivity index (χ3n) is 3.31. The highest BCUT2D eigenvalue weighted by Gasteiger charge is 2.28. The molecule has 1 unspecified atom stereocenters. The van der Waals surface area contributed by atoms with Gasteiger partial charge in [-0.15, -0.1) is 0 Å². The van der Waals surface area contributed by atoms with Crippen molar-refractivity contribution < 1.29 is 0 Å². The van der Waals surface area contributed by atoms with Gasteiger partial charge in [0.25, 0.3) is 5.56 Å². The zero-order valence-corrected chi connectivity index (χ0v) is 9.17. The van der Waals surface area contributed by atoms with E-state index < -0.39 is 0 Å². The lowest BCUT2D eigenvalue weighted by atomic mass is 10.3. The van der Waals surface area contributed by atoms with Gasteiger partial charge in [-0.05, 0) is 19.3 Å². The molecule has 1 aliphatic carbocycles. The smallest absolute Gasteiger partial charge is 0.293 e. The monoisotopic (exact) mass is 220 g/mol. The van der Waals surface area contributed by atoms with Crippen LogP contribution in [0.5, 0.6) is 0 Å². The molecule has 2 aliphatic rings. The Labute approximate surface area is 93.9 Å². The molecule has 86 valence electrons. The highest BCUT2D eigenvalue weighted by molar-refractivity contribution is 5.37. The first-order valence-electron chi connectivity index (χ1n) is 5.83. The highest BCUT2D eigenvalue weighted by Crippen LogP contribution is 2.33. The van der Waals surface area contributed by atoms with Gasteiger partial charge in [0, 0.05) is 37.6 Å². The number of hydrogen-bond acceptors (Lipinski definition) is 4. The molecule has 0 aromatic carbocycles. The van der Waals surface area contributed by atoms with E-state index in [1.165, 1.54) is 0 Å². The van der Waals surface area contributed by atoms with Crippen LogP contribution in [0.15, 0.2) is 17.2 Å². The van der Waals surface area contributed by atoms with E-state index in [1.54, 1.807) is 12.4 Å². The van der Waals surface area contributed by atoms with Crippen LogP contribution in [0.2, 0.25) is 0 Å². The molecule has 1 aliphatic heterocycles. The van der Waals surface area contributed by atoms with Crippen molar-refractivity contribution in [1.29, 1.82) is 0 Å². The van der Waals surface area contributed by atoms with Gasteiger partial charge in [0.05, 0.1) is 0 Å². The van der Waals surface area contributed by atoms with Gasteiger partial charge < -0.3 is 15.2 Å². The van der Waals surface area contributed by atoms with Crippen LogP contribution in [-0.2, 0) is 0 Å². The van der Waals surface area contributed by atoms with E-state index in [0.29, 0.717) is 11.9 Å². The van der Waals surface area contributed by atoms with Crippen LogP contribution in [0.4, 0.5) is 5.82 Å². The SMILES string of the molecule is NC1CCN(c2nccn(C3CC3)c2=O)C1. The molecule has 5 nitrogen and oxygen atoms in total. The topological polar surface area (TPSA) is 64.2 Å². The number of anilines is 1. The normalized spacial score (nSPS) is 25.1. The average Bonchev–Trinajstić information content (AvgIpc) is 3.02. The van der Waals surface area contributed by atoms with Crippen molar-refractivity contribution in [3.05, 3.63) is 22.7 Å². The summed E-state index contributed by atoms with van der Waals surface area (Å²) in [5.41, 5.74) is 5.89. The van der Waals surface area contributed by atoms with Crippen molar-refractivity contribution in [3.8, 4) is 0 Å². The number of aromatic nitrogens is 2. The van der Waals surface area contributed by atoms with Crippen LogP contribution >= 0.6 is 0 Å². The van der Waals surface area contributed by atoms with Gasteiger partial charge in [0.2, 0.25) is 0 Å². The van der Waals surface area contributed by atoms with E-state index in [1.807, 2.05) is 9.47 Å². The maximum absolute atomic E-state index is 12.2. The van der Waals surface area contributed by atoms with Crippen molar-refractivity contribution in [2.45, 2.75) is 31.3 Å². The molecule has 16 heavy (non-hydrogen) atoms. The molecular weight excluding hydrogens is 204 g/mol. The number of nitrogens with zero attached hydrogens (tertiary/aromatic N) is 3. The Morgan fingerprint density at radius 3 is 2.81 bits per heavy atom. The van der Waals surface area contributed by atoms with Gasteiger partial charge in [-0.2, -0.15) is 0 Å². The van der Waals surface area contributed by atoms with Gasteiger partial charge in [0.15, 0.2) is 5.82 Å². The van der Waals surface area contributed by atoms with E-state index >= 15 is 0 Å². The molecule has 5 heteroatoms. The third kappa shape index (κ3) is 1.61. The second-order valence-electron chi connectivity index (χ2n) is 4.69. The summed E-state index contributed by atoms with van der Waals surface area (Å²) >= 11 is 0. The van der Waals surface area contributed by atoms with Crippen LogP contribution in [0.1, 0.15) is 25.3 Å². The third-order valence-corrected chi connectivity index (χ3v) is 3.31. The van der Waals surface area contributed by atoms with Gasteiger partial charge in [0.1, 0.15) is 0 Å². The lowest BCUT2D eigenvalue weighted by Crippen LogP contribution is -2.33.